The third-order valence-corrected chi connectivity index (χ3v) is 6.33. The van der Waals surface area contributed by atoms with E-state index in [1.165, 1.54) is 22.7 Å². The van der Waals surface area contributed by atoms with Crippen LogP contribution < -0.4 is 5.32 Å². The molecule has 3 aromatic heterocycles. The van der Waals surface area contributed by atoms with Gasteiger partial charge in [-0.25, -0.2) is 9.97 Å². The van der Waals surface area contributed by atoms with Crippen molar-refractivity contribution in [2.24, 2.45) is 0 Å². The summed E-state index contributed by atoms with van der Waals surface area (Å²) in [6.07, 6.45) is 3.47. The number of hydrogen-bond acceptors (Lipinski definition) is 6. The van der Waals surface area contributed by atoms with Crippen LogP contribution in [0.1, 0.15) is 20.4 Å². The van der Waals surface area contributed by atoms with Gasteiger partial charge in [0.05, 0.1) is 17.9 Å². The van der Waals surface area contributed by atoms with E-state index in [2.05, 4.69) is 20.3 Å². The first kappa shape index (κ1) is 18.7. The Morgan fingerprint density at radius 1 is 1.07 bits per heavy atom. The second-order valence-corrected chi connectivity index (χ2v) is 8.36. The average molecular weight is 427 g/mol. The van der Waals surface area contributed by atoms with Crippen LogP contribution in [0.4, 0.5) is 0 Å². The fraction of sp³-hybridized carbons (Fsp3) is 0.100. The molecule has 0 radical (unpaired) electrons. The molecule has 3 heterocycles. The molecule has 1 aromatic carbocycles. The minimum Gasteiger partial charge on any atom is -0.345 e. The fourth-order valence-corrected chi connectivity index (χ4v) is 4.46. The summed E-state index contributed by atoms with van der Waals surface area (Å²) in [5, 5.41) is 7.24. The van der Waals surface area contributed by atoms with Crippen molar-refractivity contribution in [3.8, 4) is 21.8 Å². The molecule has 1 N–H and O–H groups in total. The fourth-order valence-electron chi connectivity index (χ4n) is 2.61. The Hall–Kier alpha value is -2.61. The number of nitrogens with one attached hydrogen (secondary N) is 1. The standard InChI is InChI=1S/C20H15ClN4OS2/c1-12-18(28-20(24-12)14-2-4-15(21)5-3-14)19(26)23-10-17-25-16(11-27-17)13-6-8-22-9-7-13/h2-9,11H,10H2,1H3,(H,23,26). The zero-order valence-corrected chi connectivity index (χ0v) is 17.2. The van der Waals surface area contributed by atoms with Crippen molar-refractivity contribution in [3.63, 3.8) is 0 Å². The van der Waals surface area contributed by atoms with Crippen molar-refractivity contribution in [2.75, 3.05) is 0 Å². The highest BCUT2D eigenvalue weighted by Crippen LogP contribution is 2.29. The molecule has 0 spiro atoms. The van der Waals surface area contributed by atoms with Gasteiger partial charge in [0, 0.05) is 33.9 Å². The molecular formula is C20H15ClN4OS2. The number of carbonyl (C=O) groups is 1. The highest BCUT2D eigenvalue weighted by atomic mass is 35.5. The van der Waals surface area contributed by atoms with E-state index in [1.807, 2.05) is 48.7 Å². The maximum absolute atomic E-state index is 12.6. The number of nitrogens with zero attached hydrogens (tertiary/aromatic N) is 3. The lowest BCUT2D eigenvalue weighted by molar-refractivity contribution is 0.0954. The van der Waals surface area contributed by atoms with E-state index >= 15 is 0 Å². The van der Waals surface area contributed by atoms with Crippen LogP contribution in [0.25, 0.3) is 21.8 Å². The quantitative estimate of drug-likeness (QED) is 0.475. The molecule has 0 atom stereocenters. The Kier molecular flexibility index (Phi) is 5.47. The lowest BCUT2D eigenvalue weighted by Crippen LogP contribution is -2.22. The summed E-state index contributed by atoms with van der Waals surface area (Å²) < 4.78 is 0. The number of carbonyl (C=O) groups excluding carboxylic acids is 1. The normalized spacial score (nSPS) is 10.8. The summed E-state index contributed by atoms with van der Waals surface area (Å²) in [7, 11) is 0. The van der Waals surface area contributed by atoms with Gasteiger partial charge >= 0.3 is 0 Å². The zero-order valence-electron chi connectivity index (χ0n) is 14.8. The largest absolute Gasteiger partial charge is 0.345 e. The number of pyridine rings is 1. The van der Waals surface area contributed by atoms with Crippen LogP contribution in [0, 0.1) is 6.92 Å². The average Bonchev–Trinajstić information content (AvgIpc) is 3.34. The zero-order chi connectivity index (χ0) is 19.5. The van der Waals surface area contributed by atoms with Gasteiger partial charge in [0.1, 0.15) is 14.9 Å². The molecule has 0 unspecified atom stereocenters. The van der Waals surface area contributed by atoms with Crippen LogP contribution >= 0.6 is 34.3 Å². The number of thiazole rings is 2. The number of amides is 1. The molecule has 140 valence electrons. The van der Waals surface area contributed by atoms with E-state index in [0.29, 0.717) is 22.1 Å². The molecule has 4 aromatic rings. The first-order chi connectivity index (χ1) is 13.6. The Morgan fingerprint density at radius 3 is 2.57 bits per heavy atom. The van der Waals surface area contributed by atoms with Crippen molar-refractivity contribution < 1.29 is 4.79 Å². The summed E-state index contributed by atoms with van der Waals surface area (Å²) in [4.78, 5) is 26.3. The monoisotopic (exact) mass is 426 g/mol. The second kappa shape index (κ2) is 8.18. The minimum absolute atomic E-state index is 0.143. The molecule has 0 fully saturated rings. The second-order valence-electron chi connectivity index (χ2n) is 5.99. The van der Waals surface area contributed by atoms with Gasteiger partial charge in [0.2, 0.25) is 0 Å². The topological polar surface area (TPSA) is 67.8 Å². The lowest BCUT2D eigenvalue weighted by Gasteiger charge is -2.01. The van der Waals surface area contributed by atoms with E-state index in [0.717, 1.165) is 26.8 Å². The number of aryl methyl sites for hydroxylation is 1. The third-order valence-electron chi connectivity index (χ3n) is 4.02. The first-order valence-electron chi connectivity index (χ1n) is 8.46. The number of aromatic nitrogens is 3. The number of rotatable bonds is 5. The van der Waals surface area contributed by atoms with E-state index in [4.69, 9.17) is 11.6 Å². The molecular weight excluding hydrogens is 412 g/mol. The van der Waals surface area contributed by atoms with Gasteiger partial charge in [-0.2, -0.15) is 0 Å². The van der Waals surface area contributed by atoms with E-state index in [1.54, 1.807) is 12.4 Å². The van der Waals surface area contributed by atoms with Crippen LogP contribution in [0.5, 0.6) is 0 Å². The van der Waals surface area contributed by atoms with Gasteiger partial charge in [-0.3, -0.25) is 9.78 Å². The Bertz CT molecular complexity index is 1110. The summed E-state index contributed by atoms with van der Waals surface area (Å²) in [6, 6.07) is 11.3. The smallest absolute Gasteiger partial charge is 0.263 e. The molecule has 0 aliphatic heterocycles. The summed E-state index contributed by atoms with van der Waals surface area (Å²) in [5.74, 6) is -0.143. The van der Waals surface area contributed by atoms with Crippen LogP contribution in [-0.2, 0) is 6.54 Å². The number of benzene rings is 1. The van der Waals surface area contributed by atoms with Gasteiger partial charge in [-0.05, 0) is 31.2 Å². The van der Waals surface area contributed by atoms with Crippen molar-refractivity contribution in [2.45, 2.75) is 13.5 Å². The summed E-state index contributed by atoms with van der Waals surface area (Å²) in [6.45, 7) is 2.22. The van der Waals surface area contributed by atoms with Gasteiger partial charge in [0.25, 0.3) is 5.91 Å². The van der Waals surface area contributed by atoms with E-state index < -0.39 is 0 Å². The molecule has 8 heteroatoms. The maximum atomic E-state index is 12.6. The molecule has 0 saturated carbocycles. The molecule has 0 aliphatic rings. The van der Waals surface area contributed by atoms with Crippen LogP contribution in [-0.4, -0.2) is 20.9 Å². The van der Waals surface area contributed by atoms with Crippen molar-refractivity contribution in [1.82, 2.24) is 20.3 Å². The first-order valence-corrected chi connectivity index (χ1v) is 10.5. The van der Waals surface area contributed by atoms with E-state index in [-0.39, 0.29) is 5.91 Å². The Balaban J connectivity index is 1.44. The maximum Gasteiger partial charge on any atom is 0.263 e. The Labute approximate surface area is 175 Å². The molecule has 1 amide bonds. The lowest BCUT2D eigenvalue weighted by atomic mass is 10.2. The van der Waals surface area contributed by atoms with Crippen LogP contribution in [0.3, 0.4) is 0 Å². The molecule has 5 nitrogen and oxygen atoms in total. The Morgan fingerprint density at radius 2 is 1.82 bits per heavy atom. The number of hydrogen-bond donors (Lipinski definition) is 1. The summed E-state index contributed by atoms with van der Waals surface area (Å²) in [5.41, 5.74) is 3.55. The van der Waals surface area contributed by atoms with Crippen LogP contribution in [0.2, 0.25) is 5.02 Å². The SMILES string of the molecule is Cc1nc(-c2ccc(Cl)cc2)sc1C(=O)NCc1nc(-c2ccncc2)cs1. The minimum atomic E-state index is -0.143. The molecule has 28 heavy (non-hydrogen) atoms. The van der Waals surface area contributed by atoms with Crippen LogP contribution in [0.15, 0.2) is 54.2 Å². The van der Waals surface area contributed by atoms with Crippen molar-refractivity contribution in [1.29, 1.82) is 0 Å². The molecule has 4 rings (SSSR count). The third kappa shape index (κ3) is 4.11. The van der Waals surface area contributed by atoms with E-state index in [9.17, 15) is 4.79 Å². The van der Waals surface area contributed by atoms with Crippen molar-refractivity contribution in [3.05, 3.63) is 74.8 Å². The predicted molar refractivity (Wildman–Crippen MR) is 114 cm³/mol. The molecule has 0 aliphatic carbocycles. The predicted octanol–water partition coefficient (Wildman–Crippen LogP) is 5.22. The molecule has 0 bridgehead atoms. The van der Waals surface area contributed by atoms with Gasteiger partial charge < -0.3 is 5.32 Å². The van der Waals surface area contributed by atoms with Crippen molar-refractivity contribution >= 4 is 40.2 Å². The highest BCUT2D eigenvalue weighted by molar-refractivity contribution is 7.17. The van der Waals surface area contributed by atoms with Gasteiger partial charge in [-0.1, -0.05) is 23.7 Å². The van der Waals surface area contributed by atoms with Gasteiger partial charge in [0.15, 0.2) is 0 Å². The van der Waals surface area contributed by atoms with Gasteiger partial charge in [-0.15, -0.1) is 22.7 Å². The number of halogens is 1. The summed E-state index contributed by atoms with van der Waals surface area (Å²) >= 11 is 8.83. The highest BCUT2D eigenvalue weighted by Gasteiger charge is 2.16. The molecule has 0 saturated heterocycles.